The van der Waals surface area contributed by atoms with Crippen LogP contribution in [-0.4, -0.2) is 60.6 Å². The zero-order valence-electron chi connectivity index (χ0n) is 10.7. The number of aliphatic carboxylic acids is 1. The van der Waals surface area contributed by atoms with Gasteiger partial charge in [0.05, 0.1) is 6.42 Å². The summed E-state index contributed by atoms with van der Waals surface area (Å²) in [6.45, 7) is 2.33. The summed E-state index contributed by atoms with van der Waals surface area (Å²) in [7, 11) is 3.70. The summed E-state index contributed by atoms with van der Waals surface area (Å²) in [4.78, 5) is 23.9. The summed E-state index contributed by atoms with van der Waals surface area (Å²) < 4.78 is 0. The number of hydrogen-bond acceptors (Lipinski definition) is 3. The Morgan fingerprint density at radius 1 is 1.24 bits per heavy atom. The average molecular weight is 245 g/mol. The first-order chi connectivity index (χ1) is 7.93. The molecule has 0 bridgehead atoms. The quantitative estimate of drug-likeness (QED) is 0.761. The molecule has 2 amide bonds. The number of amides is 2. The van der Waals surface area contributed by atoms with E-state index in [2.05, 4.69) is 0 Å². The Labute approximate surface area is 102 Å². The first-order valence-electron chi connectivity index (χ1n) is 5.84. The molecule has 0 aliphatic carbocycles. The van der Waals surface area contributed by atoms with Gasteiger partial charge in [0.1, 0.15) is 0 Å². The Morgan fingerprint density at radius 3 is 2.00 bits per heavy atom. The molecular formula is C11H23N3O3. The molecule has 1 aliphatic heterocycles. The molecule has 1 fully saturated rings. The van der Waals surface area contributed by atoms with Crippen molar-refractivity contribution in [2.24, 2.45) is 5.73 Å². The van der Waals surface area contributed by atoms with Crippen LogP contribution in [0.15, 0.2) is 0 Å². The van der Waals surface area contributed by atoms with Gasteiger partial charge in [0, 0.05) is 19.6 Å². The van der Waals surface area contributed by atoms with Crippen molar-refractivity contribution >= 4 is 12.0 Å². The SMILES string of the molecule is CN(C)CCC(=O)O.NC(=O)N1CCCCC1. The van der Waals surface area contributed by atoms with Crippen molar-refractivity contribution in [1.29, 1.82) is 0 Å². The number of likely N-dealkylation sites (tertiary alicyclic amines) is 1. The molecule has 1 saturated heterocycles. The molecule has 0 aromatic heterocycles. The molecule has 0 unspecified atom stereocenters. The molecule has 3 N–H and O–H groups in total. The lowest BCUT2D eigenvalue weighted by atomic mass is 10.1. The summed E-state index contributed by atoms with van der Waals surface area (Å²) >= 11 is 0. The van der Waals surface area contributed by atoms with Gasteiger partial charge < -0.3 is 20.6 Å². The van der Waals surface area contributed by atoms with Crippen molar-refractivity contribution < 1.29 is 14.7 Å². The average Bonchev–Trinajstić information content (AvgIpc) is 2.28. The minimum absolute atomic E-state index is 0.229. The van der Waals surface area contributed by atoms with Gasteiger partial charge in [-0.2, -0.15) is 0 Å². The largest absolute Gasteiger partial charge is 0.481 e. The number of urea groups is 1. The van der Waals surface area contributed by atoms with Crippen molar-refractivity contribution in [3.05, 3.63) is 0 Å². The van der Waals surface area contributed by atoms with Crippen molar-refractivity contribution in [3.63, 3.8) is 0 Å². The molecule has 0 atom stereocenters. The Kier molecular flexibility index (Phi) is 8.13. The molecular weight excluding hydrogens is 222 g/mol. The number of nitrogens with two attached hydrogens (primary N) is 1. The second-order valence-electron chi connectivity index (χ2n) is 4.33. The summed E-state index contributed by atoms with van der Waals surface area (Å²) in [6.07, 6.45) is 3.70. The number of rotatable bonds is 3. The monoisotopic (exact) mass is 245 g/mol. The molecule has 100 valence electrons. The van der Waals surface area contributed by atoms with Gasteiger partial charge in [0.2, 0.25) is 0 Å². The van der Waals surface area contributed by atoms with Gasteiger partial charge in [-0.25, -0.2) is 4.79 Å². The van der Waals surface area contributed by atoms with Crippen LogP contribution < -0.4 is 5.73 Å². The van der Waals surface area contributed by atoms with E-state index in [0.29, 0.717) is 6.54 Å². The lowest BCUT2D eigenvalue weighted by molar-refractivity contribution is -0.137. The lowest BCUT2D eigenvalue weighted by Gasteiger charge is -2.24. The molecule has 17 heavy (non-hydrogen) atoms. The molecule has 6 nitrogen and oxygen atoms in total. The molecule has 1 aliphatic rings. The molecule has 1 rings (SSSR count). The number of carboxylic acid groups (broad SMARTS) is 1. The van der Waals surface area contributed by atoms with Crippen molar-refractivity contribution in [2.45, 2.75) is 25.7 Å². The van der Waals surface area contributed by atoms with Crippen LogP contribution in [0.4, 0.5) is 4.79 Å². The predicted molar refractivity (Wildman–Crippen MR) is 65.8 cm³/mol. The Hall–Kier alpha value is -1.30. The van der Waals surface area contributed by atoms with E-state index >= 15 is 0 Å². The standard InChI is InChI=1S/C6H12N2O.C5H11NO2/c7-6(9)8-4-2-1-3-5-8;1-6(2)4-3-5(7)8/h1-5H2,(H2,7,9);3-4H2,1-2H3,(H,7,8). The summed E-state index contributed by atoms with van der Waals surface area (Å²) in [6, 6.07) is -0.269. The molecule has 0 spiro atoms. The van der Waals surface area contributed by atoms with Crippen LogP contribution in [0, 0.1) is 0 Å². The number of primary amides is 1. The van der Waals surface area contributed by atoms with E-state index in [1.54, 1.807) is 4.90 Å². The lowest BCUT2D eigenvalue weighted by Crippen LogP contribution is -2.39. The third-order valence-corrected chi connectivity index (χ3v) is 2.44. The smallest absolute Gasteiger partial charge is 0.314 e. The number of hydrogen-bond donors (Lipinski definition) is 2. The van der Waals surface area contributed by atoms with E-state index in [0.717, 1.165) is 25.9 Å². The Balaban J connectivity index is 0.000000304. The van der Waals surface area contributed by atoms with Gasteiger partial charge in [0.25, 0.3) is 0 Å². The molecule has 1 heterocycles. The highest BCUT2D eigenvalue weighted by molar-refractivity contribution is 5.71. The van der Waals surface area contributed by atoms with Crippen molar-refractivity contribution in [2.75, 3.05) is 33.7 Å². The predicted octanol–water partition coefficient (Wildman–Crippen LogP) is 0.574. The van der Waals surface area contributed by atoms with Crippen LogP contribution in [-0.2, 0) is 4.79 Å². The van der Waals surface area contributed by atoms with E-state index < -0.39 is 5.97 Å². The minimum atomic E-state index is -0.737. The maximum atomic E-state index is 10.5. The van der Waals surface area contributed by atoms with Gasteiger partial charge in [-0.05, 0) is 33.4 Å². The highest BCUT2D eigenvalue weighted by Crippen LogP contribution is 2.07. The maximum Gasteiger partial charge on any atom is 0.314 e. The third kappa shape index (κ3) is 9.62. The zero-order valence-corrected chi connectivity index (χ0v) is 10.7. The second-order valence-corrected chi connectivity index (χ2v) is 4.33. The first kappa shape index (κ1) is 15.7. The number of piperidine rings is 1. The van der Waals surface area contributed by atoms with Crippen molar-refractivity contribution in [3.8, 4) is 0 Å². The molecule has 0 radical (unpaired) electrons. The van der Waals surface area contributed by atoms with Gasteiger partial charge in [-0.1, -0.05) is 0 Å². The van der Waals surface area contributed by atoms with Gasteiger partial charge in [0.15, 0.2) is 0 Å². The summed E-state index contributed by atoms with van der Waals surface area (Å²) in [5.74, 6) is -0.737. The Bertz CT molecular complexity index is 238. The van der Waals surface area contributed by atoms with E-state index in [4.69, 9.17) is 10.8 Å². The summed E-state index contributed by atoms with van der Waals surface area (Å²) in [5, 5.41) is 8.14. The summed E-state index contributed by atoms with van der Waals surface area (Å²) in [5.41, 5.74) is 5.05. The number of nitrogens with zero attached hydrogens (tertiary/aromatic N) is 2. The second kappa shape index (κ2) is 8.81. The van der Waals surface area contributed by atoms with Crippen LogP contribution in [0.1, 0.15) is 25.7 Å². The topological polar surface area (TPSA) is 86.9 Å². The number of carbonyl (C=O) groups excluding carboxylic acids is 1. The van der Waals surface area contributed by atoms with E-state index in [-0.39, 0.29) is 12.5 Å². The third-order valence-electron chi connectivity index (χ3n) is 2.44. The Morgan fingerprint density at radius 2 is 1.76 bits per heavy atom. The molecule has 6 heteroatoms. The molecule has 0 saturated carbocycles. The van der Waals surface area contributed by atoms with E-state index in [1.165, 1.54) is 6.42 Å². The number of carbonyl (C=O) groups is 2. The fourth-order valence-corrected chi connectivity index (χ4v) is 1.43. The fourth-order valence-electron chi connectivity index (χ4n) is 1.43. The van der Waals surface area contributed by atoms with E-state index in [1.807, 2.05) is 19.0 Å². The van der Waals surface area contributed by atoms with Crippen LogP contribution >= 0.6 is 0 Å². The first-order valence-corrected chi connectivity index (χ1v) is 5.84. The van der Waals surface area contributed by atoms with Crippen LogP contribution in [0.5, 0.6) is 0 Å². The highest BCUT2D eigenvalue weighted by atomic mass is 16.4. The molecule has 0 aromatic carbocycles. The minimum Gasteiger partial charge on any atom is -0.481 e. The maximum absolute atomic E-state index is 10.5. The van der Waals surface area contributed by atoms with Gasteiger partial charge in [-0.3, -0.25) is 4.79 Å². The number of carboxylic acids is 1. The van der Waals surface area contributed by atoms with Crippen LogP contribution in [0.3, 0.4) is 0 Å². The normalized spacial score (nSPS) is 15.1. The highest BCUT2D eigenvalue weighted by Gasteiger charge is 2.11. The van der Waals surface area contributed by atoms with Crippen LogP contribution in [0.25, 0.3) is 0 Å². The fraction of sp³-hybridized carbons (Fsp3) is 0.818. The van der Waals surface area contributed by atoms with Crippen molar-refractivity contribution in [1.82, 2.24) is 9.80 Å². The molecule has 0 aromatic rings. The van der Waals surface area contributed by atoms with Crippen LogP contribution in [0.2, 0.25) is 0 Å². The van der Waals surface area contributed by atoms with Gasteiger partial charge >= 0.3 is 12.0 Å². The van der Waals surface area contributed by atoms with Gasteiger partial charge in [-0.15, -0.1) is 0 Å². The van der Waals surface area contributed by atoms with E-state index in [9.17, 15) is 9.59 Å². The zero-order chi connectivity index (χ0) is 13.3.